The zero-order chi connectivity index (χ0) is 16.0. The Morgan fingerprint density at radius 3 is 2.67 bits per heavy atom. The molecule has 0 aromatic heterocycles. The van der Waals surface area contributed by atoms with Gasteiger partial charge in [-0.2, -0.15) is 0 Å². The number of carboxylic acid groups (broad SMARTS) is 1. The molecule has 0 spiro atoms. The first kappa shape index (κ1) is 17.7. The second-order valence-corrected chi connectivity index (χ2v) is 7.02. The minimum Gasteiger partial charge on any atom is -0.481 e. The largest absolute Gasteiger partial charge is 0.481 e. The van der Waals surface area contributed by atoms with Gasteiger partial charge in [-0.1, -0.05) is 48.8 Å². The van der Waals surface area contributed by atoms with Gasteiger partial charge in [0.05, 0.1) is 5.92 Å². The van der Waals surface area contributed by atoms with Gasteiger partial charge in [-0.15, -0.1) is 0 Å². The van der Waals surface area contributed by atoms with Crippen LogP contribution in [0.1, 0.15) is 66.7 Å². The molecule has 0 aliphatic heterocycles. The smallest absolute Gasteiger partial charge is 0.310 e. The molecule has 0 amide bonds. The van der Waals surface area contributed by atoms with Crippen molar-refractivity contribution >= 4 is 5.97 Å². The van der Waals surface area contributed by atoms with Gasteiger partial charge in [-0.25, -0.2) is 0 Å². The second-order valence-electron chi connectivity index (χ2n) is 7.02. The lowest BCUT2D eigenvalue weighted by Gasteiger charge is -2.34. The Bertz CT molecular complexity index is 464. The molecule has 118 valence electrons. The third-order valence-corrected chi connectivity index (χ3v) is 4.63. The Kier molecular flexibility index (Phi) is 6.44. The summed E-state index contributed by atoms with van der Waals surface area (Å²) in [5, 5.41) is 8.83. The Labute approximate surface area is 129 Å². The number of rotatable bonds is 6. The van der Waals surface area contributed by atoms with Crippen molar-refractivity contribution in [1.29, 1.82) is 0 Å². The van der Waals surface area contributed by atoms with Gasteiger partial charge < -0.3 is 5.11 Å². The summed E-state index contributed by atoms with van der Waals surface area (Å²) in [7, 11) is 0. The topological polar surface area (TPSA) is 37.3 Å². The van der Waals surface area contributed by atoms with Gasteiger partial charge >= 0.3 is 5.97 Å². The highest BCUT2D eigenvalue weighted by Crippen LogP contribution is 2.42. The molecule has 1 unspecified atom stereocenters. The van der Waals surface area contributed by atoms with E-state index in [0.29, 0.717) is 5.41 Å². The highest BCUT2D eigenvalue weighted by Gasteiger charge is 2.27. The van der Waals surface area contributed by atoms with Crippen LogP contribution in [0.5, 0.6) is 0 Å². The van der Waals surface area contributed by atoms with Crippen LogP contribution >= 0.6 is 0 Å². The average Bonchev–Trinajstić information content (AvgIpc) is 2.37. The van der Waals surface area contributed by atoms with Crippen molar-refractivity contribution in [2.75, 3.05) is 0 Å². The number of allylic oxidation sites excluding steroid dienone is 5. The van der Waals surface area contributed by atoms with Gasteiger partial charge in [0.1, 0.15) is 0 Å². The van der Waals surface area contributed by atoms with Crippen LogP contribution in [-0.2, 0) is 4.79 Å². The molecule has 1 N–H and O–H groups in total. The van der Waals surface area contributed by atoms with Crippen LogP contribution in [0, 0.1) is 11.3 Å². The first-order valence-electron chi connectivity index (χ1n) is 8.00. The summed E-state index contributed by atoms with van der Waals surface area (Å²) in [5.41, 5.74) is 4.86. The molecule has 0 aromatic rings. The van der Waals surface area contributed by atoms with Gasteiger partial charge in [0, 0.05) is 0 Å². The minimum absolute atomic E-state index is 0.344. The van der Waals surface area contributed by atoms with Crippen molar-refractivity contribution in [1.82, 2.24) is 0 Å². The highest BCUT2D eigenvalue weighted by molar-refractivity contribution is 5.71. The Balaban J connectivity index is 2.60. The van der Waals surface area contributed by atoms with E-state index in [1.807, 2.05) is 12.2 Å². The van der Waals surface area contributed by atoms with Gasteiger partial charge in [-0.05, 0) is 58.3 Å². The number of aliphatic carboxylic acids is 1. The number of carboxylic acids is 1. The van der Waals surface area contributed by atoms with E-state index in [1.165, 1.54) is 24.8 Å². The van der Waals surface area contributed by atoms with Crippen molar-refractivity contribution in [3.05, 3.63) is 34.9 Å². The first-order valence-corrected chi connectivity index (χ1v) is 8.00. The Hall–Kier alpha value is -1.31. The molecule has 1 aliphatic carbocycles. The van der Waals surface area contributed by atoms with Crippen molar-refractivity contribution in [2.45, 2.75) is 66.7 Å². The monoisotopic (exact) mass is 290 g/mol. The number of carbonyl (C=O) groups is 1. The van der Waals surface area contributed by atoms with Crippen molar-refractivity contribution in [2.24, 2.45) is 11.3 Å². The van der Waals surface area contributed by atoms with Crippen LogP contribution in [0.3, 0.4) is 0 Å². The van der Waals surface area contributed by atoms with E-state index in [0.717, 1.165) is 12.8 Å². The molecule has 1 aliphatic rings. The predicted molar refractivity (Wildman–Crippen MR) is 89.3 cm³/mol. The average molecular weight is 290 g/mol. The molecule has 0 aromatic carbocycles. The van der Waals surface area contributed by atoms with Crippen molar-refractivity contribution < 1.29 is 9.90 Å². The fraction of sp³-hybridized carbons (Fsp3) is 0.632. The van der Waals surface area contributed by atoms with E-state index in [2.05, 4.69) is 27.7 Å². The molecule has 2 heteroatoms. The Morgan fingerprint density at radius 2 is 2.10 bits per heavy atom. The summed E-state index contributed by atoms with van der Waals surface area (Å²) in [6.07, 6.45) is 11.7. The summed E-state index contributed by atoms with van der Waals surface area (Å²) in [6, 6.07) is 0. The maximum Gasteiger partial charge on any atom is 0.310 e. The lowest BCUT2D eigenvalue weighted by atomic mass is 9.71. The fourth-order valence-electron chi connectivity index (χ4n) is 3.10. The zero-order valence-corrected chi connectivity index (χ0v) is 14.2. The van der Waals surface area contributed by atoms with Crippen LogP contribution < -0.4 is 0 Å². The first-order chi connectivity index (χ1) is 9.74. The summed E-state index contributed by atoms with van der Waals surface area (Å²) in [6.45, 7) is 10.8. The lowest BCUT2D eigenvalue weighted by Crippen LogP contribution is -2.20. The molecule has 1 rings (SSSR count). The molecule has 2 nitrogen and oxygen atoms in total. The molecule has 21 heavy (non-hydrogen) atoms. The van der Waals surface area contributed by atoms with E-state index < -0.39 is 11.9 Å². The van der Waals surface area contributed by atoms with Crippen molar-refractivity contribution in [3.8, 4) is 0 Å². The summed E-state index contributed by atoms with van der Waals surface area (Å²) in [5.74, 6) is -1.20. The van der Waals surface area contributed by atoms with E-state index in [-0.39, 0.29) is 0 Å². The molecule has 0 saturated heterocycles. The van der Waals surface area contributed by atoms with Crippen LogP contribution in [0.25, 0.3) is 0 Å². The fourth-order valence-corrected chi connectivity index (χ4v) is 3.10. The van der Waals surface area contributed by atoms with Crippen molar-refractivity contribution in [3.63, 3.8) is 0 Å². The van der Waals surface area contributed by atoms with E-state index in [1.54, 1.807) is 24.1 Å². The SMILES string of the molecule is CC(=CC=CC(C)C(=O)O)CCC1=C(C)CCCC1(C)C. The third kappa shape index (κ3) is 5.53. The number of hydrogen-bond acceptors (Lipinski definition) is 1. The molecule has 0 saturated carbocycles. The van der Waals surface area contributed by atoms with Gasteiger partial charge in [0.2, 0.25) is 0 Å². The summed E-state index contributed by atoms with van der Waals surface area (Å²) >= 11 is 0. The van der Waals surface area contributed by atoms with Gasteiger partial charge in [-0.3, -0.25) is 4.79 Å². The molecular weight excluding hydrogens is 260 g/mol. The molecule has 1 atom stereocenters. The Morgan fingerprint density at radius 1 is 1.43 bits per heavy atom. The minimum atomic E-state index is -0.776. The maximum atomic E-state index is 10.7. The molecule has 0 bridgehead atoms. The highest BCUT2D eigenvalue weighted by atomic mass is 16.4. The maximum absolute atomic E-state index is 10.7. The normalized spacial score (nSPS) is 20.9. The van der Waals surface area contributed by atoms with E-state index in [9.17, 15) is 4.79 Å². The summed E-state index contributed by atoms with van der Waals surface area (Å²) in [4.78, 5) is 10.7. The molecule has 0 radical (unpaired) electrons. The third-order valence-electron chi connectivity index (χ3n) is 4.63. The van der Waals surface area contributed by atoms with Gasteiger partial charge in [0.25, 0.3) is 0 Å². The molecule has 0 fully saturated rings. The quantitative estimate of drug-likeness (QED) is 0.517. The predicted octanol–water partition coefficient (Wildman–Crippen LogP) is 5.52. The lowest BCUT2D eigenvalue weighted by molar-refractivity contribution is -0.139. The molecule has 0 heterocycles. The van der Waals surface area contributed by atoms with Gasteiger partial charge in [0.15, 0.2) is 0 Å². The number of hydrogen-bond donors (Lipinski definition) is 1. The van der Waals surface area contributed by atoms with E-state index in [4.69, 9.17) is 5.11 Å². The van der Waals surface area contributed by atoms with Crippen LogP contribution in [0.15, 0.2) is 34.9 Å². The van der Waals surface area contributed by atoms with Crippen LogP contribution in [-0.4, -0.2) is 11.1 Å². The second kappa shape index (κ2) is 7.63. The standard InChI is InChI=1S/C19H30O2/c1-14(8-6-9-16(3)18(20)21)11-12-17-15(2)10-7-13-19(17,4)5/h6,8-9,16H,7,10-13H2,1-5H3,(H,20,21). The van der Waals surface area contributed by atoms with Crippen LogP contribution in [0.2, 0.25) is 0 Å². The van der Waals surface area contributed by atoms with Crippen LogP contribution in [0.4, 0.5) is 0 Å². The molecular formula is C19H30O2. The summed E-state index contributed by atoms with van der Waals surface area (Å²) < 4.78 is 0. The zero-order valence-electron chi connectivity index (χ0n) is 14.2. The van der Waals surface area contributed by atoms with E-state index >= 15 is 0 Å².